The van der Waals surface area contributed by atoms with E-state index in [1.54, 1.807) is 0 Å². The van der Waals surface area contributed by atoms with Crippen molar-refractivity contribution in [3.63, 3.8) is 0 Å². The van der Waals surface area contributed by atoms with Crippen molar-refractivity contribution < 1.29 is 9.53 Å². The first-order valence-electron chi connectivity index (χ1n) is 5.42. The average Bonchev–Trinajstić information content (AvgIpc) is 2.15. The summed E-state index contributed by atoms with van der Waals surface area (Å²) in [6, 6.07) is 0. The van der Waals surface area contributed by atoms with Crippen LogP contribution in [0.25, 0.3) is 0 Å². The Morgan fingerprint density at radius 1 is 1.43 bits per heavy atom. The van der Waals surface area contributed by atoms with Crippen LogP contribution in [0.4, 0.5) is 0 Å². The summed E-state index contributed by atoms with van der Waals surface area (Å²) < 4.78 is 5.32. The summed E-state index contributed by atoms with van der Waals surface area (Å²) in [6.45, 7) is 6.30. The first-order valence-corrected chi connectivity index (χ1v) is 5.42. The van der Waals surface area contributed by atoms with Crippen molar-refractivity contribution in [1.29, 1.82) is 0 Å². The molecule has 1 rings (SSSR count). The van der Waals surface area contributed by atoms with Gasteiger partial charge in [0.15, 0.2) is 5.78 Å². The summed E-state index contributed by atoms with van der Waals surface area (Å²) >= 11 is 0. The molecule has 1 aliphatic heterocycles. The normalized spacial score (nSPS) is 20.3. The van der Waals surface area contributed by atoms with Crippen LogP contribution in [-0.2, 0) is 9.53 Å². The number of hydrogen-bond donors (Lipinski definition) is 0. The lowest BCUT2D eigenvalue weighted by atomic mass is 9.93. The lowest BCUT2D eigenvalue weighted by Gasteiger charge is -2.28. The summed E-state index contributed by atoms with van der Waals surface area (Å²) in [5.41, 5.74) is 0. The molecule has 0 unspecified atom stereocenters. The van der Waals surface area contributed by atoms with E-state index in [1.165, 1.54) is 0 Å². The number of carbonyl (C=O) groups excluding carboxylic acids is 1. The molecule has 0 bridgehead atoms. The molecule has 0 aliphatic carbocycles. The molecule has 0 saturated carbocycles. The van der Waals surface area contributed by atoms with Gasteiger partial charge in [-0.2, -0.15) is 0 Å². The summed E-state index contributed by atoms with van der Waals surface area (Å²) in [4.78, 5) is 13.9. The van der Waals surface area contributed by atoms with Crippen molar-refractivity contribution in [3.8, 4) is 0 Å². The van der Waals surface area contributed by atoms with Crippen LogP contribution in [0.15, 0.2) is 0 Å². The highest BCUT2D eigenvalue weighted by Gasteiger charge is 2.23. The van der Waals surface area contributed by atoms with Crippen molar-refractivity contribution >= 4 is 5.78 Å². The van der Waals surface area contributed by atoms with Crippen LogP contribution in [0.3, 0.4) is 0 Å². The number of ketones is 1. The van der Waals surface area contributed by atoms with Crippen molar-refractivity contribution in [2.24, 2.45) is 5.92 Å². The van der Waals surface area contributed by atoms with E-state index in [1.807, 2.05) is 13.8 Å². The molecule has 82 valence electrons. The molecule has 0 aromatic rings. The van der Waals surface area contributed by atoms with Gasteiger partial charge in [-0.15, -0.1) is 0 Å². The van der Waals surface area contributed by atoms with Gasteiger partial charge in [0.25, 0.3) is 0 Å². The topological polar surface area (TPSA) is 29.5 Å². The van der Waals surface area contributed by atoms with Crippen molar-refractivity contribution in [2.45, 2.75) is 32.8 Å². The first kappa shape index (κ1) is 11.7. The molecule has 0 aromatic heterocycles. The summed E-state index contributed by atoms with van der Waals surface area (Å²) in [5.74, 6) is 0.525. The van der Waals surface area contributed by atoms with Gasteiger partial charge in [0.1, 0.15) is 6.61 Å². The molecule has 1 fully saturated rings. The molecule has 1 heterocycles. The van der Waals surface area contributed by atoms with Crippen LogP contribution in [0, 0.1) is 5.92 Å². The molecule has 1 aliphatic rings. The fourth-order valence-electron chi connectivity index (χ4n) is 1.70. The number of Topliss-reactive ketones (excluding diaryl/α,β-unsaturated/α-hetero) is 1. The Labute approximate surface area is 86.4 Å². The molecule has 0 aromatic carbocycles. The molecule has 1 saturated heterocycles. The molecular formula is C11H21NO2. The van der Waals surface area contributed by atoms with Crippen molar-refractivity contribution in [3.05, 3.63) is 0 Å². The minimum atomic E-state index is 0.158. The third-order valence-corrected chi connectivity index (χ3v) is 2.73. The molecule has 3 heteroatoms. The van der Waals surface area contributed by atoms with E-state index in [0.717, 1.165) is 25.9 Å². The summed E-state index contributed by atoms with van der Waals surface area (Å²) in [6.07, 6.45) is 2.15. The Morgan fingerprint density at radius 2 is 2.00 bits per heavy atom. The second-order valence-electron chi connectivity index (χ2n) is 4.40. The third kappa shape index (κ3) is 3.76. The summed E-state index contributed by atoms with van der Waals surface area (Å²) in [7, 11) is 2.10. The fourth-order valence-corrected chi connectivity index (χ4v) is 1.70. The van der Waals surface area contributed by atoms with Gasteiger partial charge >= 0.3 is 0 Å². The van der Waals surface area contributed by atoms with Crippen molar-refractivity contribution in [1.82, 2.24) is 4.90 Å². The third-order valence-electron chi connectivity index (χ3n) is 2.73. The standard InChI is InChI=1S/C11H21NO2/c1-9(2)14-8-11(13)10-4-6-12(3)7-5-10/h9-10H,4-8H2,1-3H3. The van der Waals surface area contributed by atoms with Crippen LogP contribution < -0.4 is 0 Å². The number of carbonyl (C=O) groups is 1. The van der Waals surface area contributed by atoms with Crippen LogP contribution in [-0.4, -0.2) is 43.5 Å². The molecule has 0 N–H and O–H groups in total. The molecule has 0 atom stereocenters. The van der Waals surface area contributed by atoms with Gasteiger partial charge in [0, 0.05) is 5.92 Å². The number of ether oxygens (including phenoxy) is 1. The van der Waals surface area contributed by atoms with Gasteiger partial charge in [-0.25, -0.2) is 0 Å². The Bertz CT molecular complexity index is 184. The number of nitrogens with zero attached hydrogens (tertiary/aromatic N) is 1. The fraction of sp³-hybridized carbons (Fsp3) is 0.909. The van der Waals surface area contributed by atoms with E-state index in [9.17, 15) is 4.79 Å². The maximum absolute atomic E-state index is 11.7. The van der Waals surface area contributed by atoms with Crippen LogP contribution in [0.1, 0.15) is 26.7 Å². The summed E-state index contributed by atoms with van der Waals surface area (Å²) in [5, 5.41) is 0. The molecule has 0 radical (unpaired) electrons. The van der Waals surface area contributed by atoms with E-state index in [4.69, 9.17) is 4.74 Å². The predicted octanol–water partition coefficient (Wildman–Crippen LogP) is 1.32. The minimum absolute atomic E-state index is 0.158. The maximum atomic E-state index is 11.7. The van der Waals surface area contributed by atoms with Gasteiger partial charge in [0.2, 0.25) is 0 Å². The van der Waals surface area contributed by atoms with Gasteiger partial charge in [-0.05, 0) is 46.8 Å². The number of likely N-dealkylation sites (tertiary alicyclic amines) is 1. The quantitative estimate of drug-likeness (QED) is 0.684. The Hall–Kier alpha value is -0.410. The van der Waals surface area contributed by atoms with E-state index >= 15 is 0 Å². The molecule has 14 heavy (non-hydrogen) atoms. The predicted molar refractivity (Wildman–Crippen MR) is 56.3 cm³/mol. The van der Waals surface area contributed by atoms with E-state index in [0.29, 0.717) is 6.61 Å². The van der Waals surface area contributed by atoms with Gasteiger partial charge in [-0.3, -0.25) is 4.79 Å². The van der Waals surface area contributed by atoms with Crippen LogP contribution >= 0.6 is 0 Å². The SMILES string of the molecule is CC(C)OCC(=O)C1CCN(C)CC1. The van der Waals surface area contributed by atoms with Crippen LogP contribution in [0.2, 0.25) is 0 Å². The zero-order valence-electron chi connectivity index (χ0n) is 9.45. The highest BCUT2D eigenvalue weighted by atomic mass is 16.5. The number of piperidine rings is 1. The number of hydrogen-bond acceptors (Lipinski definition) is 3. The molecule has 0 spiro atoms. The van der Waals surface area contributed by atoms with Crippen LogP contribution in [0.5, 0.6) is 0 Å². The minimum Gasteiger partial charge on any atom is -0.371 e. The maximum Gasteiger partial charge on any atom is 0.161 e. The lowest BCUT2D eigenvalue weighted by molar-refractivity contribution is -0.130. The lowest BCUT2D eigenvalue weighted by Crippen LogP contribution is -2.35. The largest absolute Gasteiger partial charge is 0.371 e. The molecular weight excluding hydrogens is 178 g/mol. The first-order chi connectivity index (χ1) is 6.59. The van der Waals surface area contributed by atoms with Crippen molar-refractivity contribution in [2.75, 3.05) is 26.7 Å². The molecule has 3 nitrogen and oxygen atoms in total. The Balaban J connectivity index is 2.24. The van der Waals surface area contributed by atoms with Gasteiger partial charge in [0.05, 0.1) is 6.10 Å². The smallest absolute Gasteiger partial charge is 0.161 e. The zero-order chi connectivity index (χ0) is 10.6. The average molecular weight is 199 g/mol. The second kappa shape index (κ2) is 5.47. The Morgan fingerprint density at radius 3 is 2.50 bits per heavy atom. The van der Waals surface area contributed by atoms with E-state index < -0.39 is 0 Å². The second-order valence-corrected chi connectivity index (χ2v) is 4.40. The highest BCUT2D eigenvalue weighted by molar-refractivity contribution is 5.82. The van der Waals surface area contributed by atoms with Gasteiger partial charge < -0.3 is 9.64 Å². The zero-order valence-corrected chi connectivity index (χ0v) is 9.45. The molecule has 0 amide bonds. The highest BCUT2D eigenvalue weighted by Crippen LogP contribution is 2.17. The Kier molecular flexibility index (Phi) is 4.55. The monoisotopic (exact) mass is 199 g/mol. The van der Waals surface area contributed by atoms with E-state index in [-0.39, 0.29) is 17.8 Å². The van der Waals surface area contributed by atoms with Gasteiger partial charge in [-0.1, -0.05) is 0 Å². The number of rotatable bonds is 4. The van der Waals surface area contributed by atoms with E-state index in [2.05, 4.69) is 11.9 Å².